The standard InChI is InChI=1S/C15H14Cl2N2S/c1-9-6-10(2)8-11(7-9)18-15(20)19-13-5-3-4-12(16)14(13)17/h3-8H,1-2H3,(H2,18,19,20). The Morgan fingerprint density at radius 2 is 1.65 bits per heavy atom. The second kappa shape index (κ2) is 6.44. The zero-order valence-corrected chi connectivity index (χ0v) is 13.5. The fourth-order valence-corrected chi connectivity index (χ4v) is 2.51. The lowest BCUT2D eigenvalue weighted by atomic mass is 10.1. The summed E-state index contributed by atoms with van der Waals surface area (Å²) in [7, 11) is 0. The van der Waals surface area contributed by atoms with Gasteiger partial charge in [0, 0.05) is 5.69 Å². The molecule has 2 aromatic rings. The monoisotopic (exact) mass is 324 g/mol. The van der Waals surface area contributed by atoms with Crippen molar-refractivity contribution in [1.82, 2.24) is 0 Å². The number of anilines is 2. The molecule has 104 valence electrons. The number of halogens is 2. The number of benzene rings is 2. The van der Waals surface area contributed by atoms with Crippen molar-refractivity contribution in [2.24, 2.45) is 0 Å². The van der Waals surface area contributed by atoms with Crippen LogP contribution in [-0.2, 0) is 0 Å². The van der Waals surface area contributed by atoms with Crippen LogP contribution in [0.25, 0.3) is 0 Å². The normalized spacial score (nSPS) is 10.2. The molecule has 0 heterocycles. The molecule has 5 heteroatoms. The Morgan fingerprint density at radius 1 is 1.00 bits per heavy atom. The smallest absolute Gasteiger partial charge is 0.175 e. The highest BCUT2D eigenvalue weighted by atomic mass is 35.5. The van der Waals surface area contributed by atoms with Gasteiger partial charge in [-0.05, 0) is 61.5 Å². The Balaban J connectivity index is 2.11. The van der Waals surface area contributed by atoms with Crippen LogP contribution in [-0.4, -0.2) is 5.11 Å². The topological polar surface area (TPSA) is 24.1 Å². The van der Waals surface area contributed by atoms with E-state index >= 15 is 0 Å². The highest BCUT2D eigenvalue weighted by molar-refractivity contribution is 7.80. The van der Waals surface area contributed by atoms with Gasteiger partial charge in [-0.3, -0.25) is 0 Å². The van der Waals surface area contributed by atoms with Gasteiger partial charge >= 0.3 is 0 Å². The Morgan fingerprint density at radius 3 is 2.30 bits per heavy atom. The molecule has 0 radical (unpaired) electrons. The van der Waals surface area contributed by atoms with Crippen molar-refractivity contribution >= 4 is 51.9 Å². The van der Waals surface area contributed by atoms with Gasteiger partial charge in [-0.2, -0.15) is 0 Å². The lowest BCUT2D eigenvalue weighted by Crippen LogP contribution is -2.19. The summed E-state index contributed by atoms with van der Waals surface area (Å²) in [5.41, 5.74) is 3.98. The van der Waals surface area contributed by atoms with Gasteiger partial charge in [-0.1, -0.05) is 35.3 Å². The maximum Gasteiger partial charge on any atom is 0.175 e. The van der Waals surface area contributed by atoms with E-state index in [1.54, 1.807) is 6.07 Å². The molecule has 0 aliphatic carbocycles. The van der Waals surface area contributed by atoms with Crippen LogP contribution in [0, 0.1) is 13.8 Å². The van der Waals surface area contributed by atoms with Crippen molar-refractivity contribution in [2.75, 3.05) is 10.6 Å². The first kappa shape index (κ1) is 15.1. The summed E-state index contributed by atoms with van der Waals surface area (Å²) in [5.74, 6) is 0. The van der Waals surface area contributed by atoms with Gasteiger partial charge in [0.05, 0.1) is 15.7 Å². The molecule has 0 fully saturated rings. The third-order valence-electron chi connectivity index (χ3n) is 2.68. The van der Waals surface area contributed by atoms with Crippen molar-refractivity contribution in [1.29, 1.82) is 0 Å². The van der Waals surface area contributed by atoms with Crippen molar-refractivity contribution in [2.45, 2.75) is 13.8 Å². The molecule has 0 aliphatic rings. The van der Waals surface area contributed by atoms with Crippen LogP contribution in [0.1, 0.15) is 11.1 Å². The molecule has 0 amide bonds. The lowest BCUT2D eigenvalue weighted by molar-refractivity contribution is 1.38. The zero-order valence-electron chi connectivity index (χ0n) is 11.1. The van der Waals surface area contributed by atoms with Gasteiger partial charge in [0.25, 0.3) is 0 Å². The Kier molecular flexibility index (Phi) is 4.86. The minimum Gasteiger partial charge on any atom is -0.332 e. The molecular weight excluding hydrogens is 311 g/mol. The van der Waals surface area contributed by atoms with E-state index in [2.05, 4.69) is 16.7 Å². The van der Waals surface area contributed by atoms with Crippen LogP contribution in [0.4, 0.5) is 11.4 Å². The predicted molar refractivity (Wildman–Crippen MR) is 92.2 cm³/mol. The van der Waals surface area contributed by atoms with Crippen LogP contribution >= 0.6 is 35.4 Å². The number of rotatable bonds is 2. The van der Waals surface area contributed by atoms with E-state index in [4.69, 9.17) is 35.4 Å². The average Bonchev–Trinajstić information content (AvgIpc) is 2.33. The molecular formula is C15H14Cl2N2S. The maximum atomic E-state index is 6.11. The van der Waals surface area contributed by atoms with Gasteiger partial charge < -0.3 is 10.6 Å². The molecule has 20 heavy (non-hydrogen) atoms. The van der Waals surface area contributed by atoms with E-state index in [0.717, 1.165) is 5.69 Å². The zero-order chi connectivity index (χ0) is 14.7. The highest BCUT2D eigenvalue weighted by Gasteiger charge is 2.06. The van der Waals surface area contributed by atoms with E-state index in [-0.39, 0.29) is 0 Å². The third-order valence-corrected chi connectivity index (χ3v) is 3.70. The van der Waals surface area contributed by atoms with E-state index in [1.807, 2.05) is 38.1 Å². The Labute approximate surface area is 134 Å². The largest absolute Gasteiger partial charge is 0.332 e. The van der Waals surface area contributed by atoms with Gasteiger partial charge in [0.1, 0.15) is 0 Å². The van der Waals surface area contributed by atoms with Crippen LogP contribution < -0.4 is 10.6 Å². The summed E-state index contributed by atoms with van der Waals surface area (Å²) in [6.45, 7) is 4.09. The maximum absolute atomic E-state index is 6.11. The fraction of sp³-hybridized carbons (Fsp3) is 0.133. The number of hydrogen-bond donors (Lipinski definition) is 2. The molecule has 0 saturated heterocycles. The Hall–Kier alpha value is -1.29. The summed E-state index contributed by atoms with van der Waals surface area (Å²) < 4.78 is 0. The van der Waals surface area contributed by atoms with Gasteiger partial charge in [-0.15, -0.1) is 0 Å². The highest BCUT2D eigenvalue weighted by Crippen LogP contribution is 2.29. The first-order valence-electron chi connectivity index (χ1n) is 6.06. The van der Waals surface area contributed by atoms with Crippen molar-refractivity contribution in [3.63, 3.8) is 0 Å². The molecule has 0 aliphatic heterocycles. The molecule has 0 bridgehead atoms. The van der Waals surface area contributed by atoms with E-state index in [1.165, 1.54) is 11.1 Å². The summed E-state index contributed by atoms with van der Waals surface area (Å²) in [5, 5.41) is 7.60. The van der Waals surface area contributed by atoms with Crippen LogP contribution in [0.2, 0.25) is 10.0 Å². The summed E-state index contributed by atoms with van der Waals surface area (Å²) in [6, 6.07) is 11.5. The number of thiocarbonyl (C=S) groups is 1. The molecule has 0 atom stereocenters. The van der Waals surface area contributed by atoms with Gasteiger partial charge in [-0.25, -0.2) is 0 Å². The molecule has 2 N–H and O–H groups in total. The number of nitrogens with one attached hydrogen (secondary N) is 2. The number of hydrogen-bond acceptors (Lipinski definition) is 1. The lowest BCUT2D eigenvalue weighted by Gasteiger charge is -2.13. The van der Waals surface area contributed by atoms with Crippen molar-refractivity contribution < 1.29 is 0 Å². The minimum absolute atomic E-state index is 0.457. The minimum atomic E-state index is 0.457. The van der Waals surface area contributed by atoms with E-state index in [0.29, 0.717) is 20.8 Å². The van der Waals surface area contributed by atoms with Gasteiger partial charge in [0.15, 0.2) is 5.11 Å². The fourth-order valence-electron chi connectivity index (χ4n) is 1.93. The summed E-state index contributed by atoms with van der Waals surface area (Å²) in [4.78, 5) is 0. The second-order valence-corrected chi connectivity index (χ2v) is 5.75. The van der Waals surface area contributed by atoms with E-state index in [9.17, 15) is 0 Å². The SMILES string of the molecule is Cc1cc(C)cc(NC(=S)Nc2cccc(Cl)c2Cl)c1. The molecule has 0 spiro atoms. The Bertz CT molecular complexity index is 636. The molecule has 0 saturated carbocycles. The van der Waals surface area contributed by atoms with Crippen molar-refractivity contribution in [3.8, 4) is 0 Å². The summed E-state index contributed by atoms with van der Waals surface area (Å²) in [6.07, 6.45) is 0. The molecule has 0 aromatic heterocycles. The number of aryl methyl sites for hydroxylation is 2. The molecule has 0 unspecified atom stereocenters. The predicted octanol–water partition coefficient (Wildman–Crippen LogP) is 5.42. The first-order chi connectivity index (χ1) is 9.45. The summed E-state index contributed by atoms with van der Waals surface area (Å²) >= 11 is 17.4. The van der Waals surface area contributed by atoms with Crippen LogP contribution in [0.3, 0.4) is 0 Å². The third kappa shape index (κ3) is 3.85. The molecule has 2 rings (SSSR count). The van der Waals surface area contributed by atoms with Gasteiger partial charge in [0.2, 0.25) is 0 Å². The quantitative estimate of drug-likeness (QED) is 0.721. The first-order valence-corrected chi connectivity index (χ1v) is 7.22. The molecule has 2 nitrogen and oxygen atoms in total. The van der Waals surface area contributed by atoms with Crippen molar-refractivity contribution in [3.05, 3.63) is 57.6 Å². The van der Waals surface area contributed by atoms with Crippen LogP contribution in [0.15, 0.2) is 36.4 Å². The molecule has 2 aromatic carbocycles. The van der Waals surface area contributed by atoms with E-state index < -0.39 is 0 Å². The second-order valence-electron chi connectivity index (χ2n) is 4.56. The average molecular weight is 325 g/mol. The van der Waals surface area contributed by atoms with Crippen LogP contribution in [0.5, 0.6) is 0 Å².